The first kappa shape index (κ1) is 18.4. The van der Waals surface area contributed by atoms with E-state index in [1.165, 1.54) is 4.31 Å². The Morgan fingerprint density at radius 2 is 2.14 bits per heavy atom. The van der Waals surface area contributed by atoms with Crippen LogP contribution in [0.15, 0.2) is 17.6 Å². The number of imidazole rings is 1. The standard InChI is InChI=1S/C13H24N4O2S.ClH/c1-11(2)6-16-7-12(15-10-16)20(18,19)17-5-4-13(3,8-14)9-17;/h7,10-11H,4-6,8-9,14H2,1-3H3;1H. The van der Waals surface area contributed by atoms with Crippen LogP contribution in [0.3, 0.4) is 0 Å². The molecule has 0 bridgehead atoms. The quantitative estimate of drug-likeness (QED) is 0.879. The zero-order valence-electron chi connectivity index (χ0n) is 12.8. The Kier molecular flexibility index (Phi) is 5.83. The van der Waals surface area contributed by atoms with Gasteiger partial charge in [-0.3, -0.25) is 0 Å². The van der Waals surface area contributed by atoms with Gasteiger partial charge in [0.2, 0.25) is 0 Å². The topological polar surface area (TPSA) is 81.2 Å². The molecule has 6 nitrogen and oxygen atoms in total. The summed E-state index contributed by atoms with van der Waals surface area (Å²) in [5, 5.41) is 0.138. The lowest BCUT2D eigenvalue weighted by Gasteiger charge is -2.21. The molecule has 0 amide bonds. The summed E-state index contributed by atoms with van der Waals surface area (Å²) in [5.74, 6) is 0.451. The first-order valence-electron chi connectivity index (χ1n) is 6.99. The van der Waals surface area contributed by atoms with Gasteiger partial charge >= 0.3 is 0 Å². The minimum Gasteiger partial charge on any atom is -0.336 e. The third-order valence-electron chi connectivity index (χ3n) is 3.81. The Morgan fingerprint density at radius 1 is 1.48 bits per heavy atom. The van der Waals surface area contributed by atoms with Crippen molar-refractivity contribution in [3.63, 3.8) is 0 Å². The van der Waals surface area contributed by atoms with Gasteiger partial charge in [-0.2, -0.15) is 4.31 Å². The van der Waals surface area contributed by atoms with Gasteiger partial charge in [-0.05, 0) is 24.3 Å². The van der Waals surface area contributed by atoms with Crippen LogP contribution in [0.1, 0.15) is 27.2 Å². The Labute approximate surface area is 133 Å². The van der Waals surface area contributed by atoms with Crippen molar-refractivity contribution < 1.29 is 8.42 Å². The van der Waals surface area contributed by atoms with E-state index in [9.17, 15) is 8.42 Å². The summed E-state index contributed by atoms with van der Waals surface area (Å²) in [4.78, 5) is 4.06. The van der Waals surface area contributed by atoms with Gasteiger partial charge in [0, 0.05) is 25.8 Å². The molecule has 0 aliphatic carbocycles. The molecule has 1 saturated heterocycles. The largest absolute Gasteiger partial charge is 0.336 e. The monoisotopic (exact) mass is 336 g/mol. The number of nitrogens with zero attached hydrogens (tertiary/aromatic N) is 3. The van der Waals surface area contributed by atoms with Crippen molar-refractivity contribution in [1.82, 2.24) is 13.9 Å². The van der Waals surface area contributed by atoms with Crippen LogP contribution in [0.4, 0.5) is 0 Å². The van der Waals surface area contributed by atoms with Gasteiger partial charge in [0.05, 0.1) is 6.33 Å². The number of nitrogens with two attached hydrogens (primary N) is 1. The van der Waals surface area contributed by atoms with Gasteiger partial charge in [0.1, 0.15) is 0 Å². The fraction of sp³-hybridized carbons (Fsp3) is 0.769. The second-order valence-corrected chi connectivity index (χ2v) is 8.29. The van der Waals surface area contributed by atoms with Crippen molar-refractivity contribution in [2.75, 3.05) is 19.6 Å². The predicted molar refractivity (Wildman–Crippen MR) is 84.9 cm³/mol. The molecule has 1 aliphatic rings. The summed E-state index contributed by atoms with van der Waals surface area (Å²) >= 11 is 0. The molecule has 0 saturated carbocycles. The molecule has 122 valence electrons. The molecule has 0 aromatic carbocycles. The van der Waals surface area contributed by atoms with Gasteiger partial charge in [-0.15, -0.1) is 12.4 Å². The van der Waals surface area contributed by atoms with E-state index in [0.717, 1.165) is 13.0 Å². The zero-order chi connectivity index (χ0) is 15.0. The molecule has 2 rings (SSSR count). The molecule has 2 N–H and O–H groups in total. The minimum absolute atomic E-state index is 0. The Hall–Kier alpha value is -0.630. The number of halogens is 1. The number of hydrogen-bond acceptors (Lipinski definition) is 4. The van der Waals surface area contributed by atoms with E-state index >= 15 is 0 Å². The van der Waals surface area contributed by atoms with Crippen molar-refractivity contribution in [3.8, 4) is 0 Å². The predicted octanol–water partition coefficient (Wildman–Crippen LogP) is 1.32. The Bertz CT molecular complexity index is 572. The maximum Gasteiger partial charge on any atom is 0.262 e. The molecule has 0 radical (unpaired) electrons. The summed E-state index contributed by atoms with van der Waals surface area (Å²) in [6.45, 7) is 8.46. The molecule has 1 aromatic rings. The fourth-order valence-corrected chi connectivity index (χ4v) is 4.00. The van der Waals surface area contributed by atoms with E-state index in [0.29, 0.717) is 25.6 Å². The molecule has 1 fully saturated rings. The third kappa shape index (κ3) is 3.97. The van der Waals surface area contributed by atoms with E-state index in [4.69, 9.17) is 5.73 Å². The fourth-order valence-electron chi connectivity index (χ4n) is 2.48. The normalized spacial score (nSPS) is 23.5. The average molecular weight is 337 g/mol. The van der Waals surface area contributed by atoms with E-state index in [-0.39, 0.29) is 22.8 Å². The second kappa shape index (κ2) is 6.64. The smallest absolute Gasteiger partial charge is 0.262 e. The molecule has 8 heteroatoms. The zero-order valence-corrected chi connectivity index (χ0v) is 14.5. The Balaban J connectivity index is 0.00000220. The van der Waals surface area contributed by atoms with E-state index in [1.54, 1.807) is 12.5 Å². The lowest BCUT2D eigenvalue weighted by Crippen LogP contribution is -2.34. The van der Waals surface area contributed by atoms with Crippen molar-refractivity contribution >= 4 is 22.4 Å². The Morgan fingerprint density at radius 3 is 2.67 bits per heavy atom. The van der Waals surface area contributed by atoms with Crippen molar-refractivity contribution in [1.29, 1.82) is 0 Å². The van der Waals surface area contributed by atoms with Crippen LogP contribution in [0, 0.1) is 11.3 Å². The highest BCUT2D eigenvalue weighted by atomic mass is 35.5. The lowest BCUT2D eigenvalue weighted by atomic mass is 9.90. The van der Waals surface area contributed by atoms with Crippen LogP contribution in [-0.4, -0.2) is 41.9 Å². The van der Waals surface area contributed by atoms with Crippen molar-refractivity contribution in [3.05, 3.63) is 12.5 Å². The molecule has 2 heterocycles. The number of hydrogen-bond donors (Lipinski definition) is 1. The van der Waals surface area contributed by atoms with Gasteiger partial charge in [-0.25, -0.2) is 13.4 Å². The van der Waals surface area contributed by atoms with Crippen LogP contribution in [0.5, 0.6) is 0 Å². The van der Waals surface area contributed by atoms with Crippen LogP contribution in [-0.2, 0) is 16.6 Å². The van der Waals surface area contributed by atoms with E-state index < -0.39 is 10.0 Å². The first-order chi connectivity index (χ1) is 9.27. The SMILES string of the molecule is CC(C)Cn1cnc(S(=O)(=O)N2CCC(C)(CN)C2)c1.Cl. The van der Waals surface area contributed by atoms with Crippen molar-refractivity contribution in [2.45, 2.75) is 38.8 Å². The lowest BCUT2D eigenvalue weighted by molar-refractivity contribution is 0.349. The summed E-state index contributed by atoms with van der Waals surface area (Å²) < 4.78 is 28.4. The van der Waals surface area contributed by atoms with Gasteiger partial charge in [0.25, 0.3) is 10.0 Å². The highest BCUT2D eigenvalue weighted by molar-refractivity contribution is 7.89. The maximum absolute atomic E-state index is 12.5. The molecule has 1 atom stereocenters. The molecule has 1 aromatic heterocycles. The first-order valence-corrected chi connectivity index (χ1v) is 8.43. The van der Waals surface area contributed by atoms with Crippen LogP contribution in [0.2, 0.25) is 0 Å². The third-order valence-corrected chi connectivity index (χ3v) is 5.54. The average Bonchev–Trinajstić information content (AvgIpc) is 2.97. The molecule has 0 spiro atoms. The maximum atomic E-state index is 12.5. The summed E-state index contributed by atoms with van der Waals surface area (Å²) in [6.07, 6.45) is 4.01. The van der Waals surface area contributed by atoms with Crippen molar-refractivity contribution in [2.24, 2.45) is 17.1 Å². The number of aromatic nitrogens is 2. The van der Waals surface area contributed by atoms with Crippen LogP contribution >= 0.6 is 12.4 Å². The molecule has 1 aliphatic heterocycles. The summed E-state index contributed by atoms with van der Waals surface area (Å²) in [7, 11) is -3.49. The van der Waals surface area contributed by atoms with Gasteiger partial charge in [-0.1, -0.05) is 20.8 Å². The second-order valence-electron chi connectivity index (χ2n) is 6.41. The highest BCUT2D eigenvalue weighted by Gasteiger charge is 2.39. The highest BCUT2D eigenvalue weighted by Crippen LogP contribution is 2.32. The minimum atomic E-state index is -3.49. The van der Waals surface area contributed by atoms with Gasteiger partial charge < -0.3 is 10.3 Å². The molecular formula is C13H25ClN4O2S. The van der Waals surface area contributed by atoms with E-state index in [2.05, 4.69) is 18.8 Å². The van der Waals surface area contributed by atoms with Crippen LogP contribution < -0.4 is 5.73 Å². The number of rotatable bonds is 5. The number of sulfonamides is 1. The summed E-state index contributed by atoms with van der Waals surface area (Å²) in [5.41, 5.74) is 5.61. The molecular weight excluding hydrogens is 312 g/mol. The van der Waals surface area contributed by atoms with Gasteiger partial charge in [0.15, 0.2) is 5.03 Å². The molecule has 1 unspecified atom stereocenters. The van der Waals surface area contributed by atoms with E-state index in [1.807, 2.05) is 11.5 Å². The van der Waals surface area contributed by atoms with Crippen LogP contribution in [0.25, 0.3) is 0 Å². The molecule has 21 heavy (non-hydrogen) atoms. The summed E-state index contributed by atoms with van der Waals surface area (Å²) in [6, 6.07) is 0.